The number of aliphatic hydroxyl groups is 1. The van der Waals surface area contributed by atoms with Crippen molar-refractivity contribution < 1.29 is 29.0 Å². The molecule has 2 amide bonds. The SMILES string of the molecule is C/C(=C\[C@H](C)C(=O)CCCC1CC(=O)NC(=O)C1)[C@H]1OC(=O)/C=C/CC/C=C/C[C@@H](O)[C@@H]1C. The molecule has 182 valence electrons. The molecule has 0 saturated carbocycles. The van der Waals surface area contributed by atoms with E-state index in [1.165, 1.54) is 6.08 Å². The van der Waals surface area contributed by atoms with E-state index in [0.29, 0.717) is 38.5 Å². The fraction of sp³-hybridized carbons (Fsp3) is 0.615. The predicted molar refractivity (Wildman–Crippen MR) is 125 cm³/mol. The maximum absolute atomic E-state index is 12.7. The lowest BCUT2D eigenvalue weighted by atomic mass is 9.87. The average Bonchev–Trinajstić information content (AvgIpc) is 2.74. The van der Waals surface area contributed by atoms with Crippen molar-refractivity contribution in [1.82, 2.24) is 5.32 Å². The first kappa shape index (κ1) is 26.7. The molecule has 33 heavy (non-hydrogen) atoms. The molecule has 2 aliphatic heterocycles. The number of esters is 1. The topological polar surface area (TPSA) is 110 Å². The van der Waals surface area contributed by atoms with Gasteiger partial charge < -0.3 is 9.84 Å². The van der Waals surface area contributed by atoms with Crippen LogP contribution in [-0.4, -0.2) is 40.9 Å². The molecule has 0 aliphatic carbocycles. The molecule has 0 aromatic heterocycles. The van der Waals surface area contributed by atoms with Crippen LogP contribution in [0.1, 0.15) is 72.1 Å². The van der Waals surface area contributed by atoms with Crippen LogP contribution in [0.4, 0.5) is 0 Å². The molecule has 2 aliphatic rings. The van der Waals surface area contributed by atoms with Crippen LogP contribution in [0.25, 0.3) is 0 Å². The predicted octanol–water partition coefficient (Wildman–Crippen LogP) is 3.57. The average molecular weight is 460 g/mol. The van der Waals surface area contributed by atoms with Gasteiger partial charge >= 0.3 is 5.97 Å². The van der Waals surface area contributed by atoms with Crippen molar-refractivity contribution in [3.05, 3.63) is 36.0 Å². The van der Waals surface area contributed by atoms with Crippen LogP contribution in [0.5, 0.6) is 0 Å². The number of piperidine rings is 1. The molecule has 7 nitrogen and oxygen atoms in total. The third-order valence-corrected chi connectivity index (χ3v) is 6.36. The summed E-state index contributed by atoms with van der Waals surface area (Å²) < 4.78 is 5.67. The molecule has 0 bridgehead atoms. The van der Waals surface area contributed by atoms with Gasteiger partial charge in [-0.05, 0) is 50.5 Å². The molecule has 2 heterocycles. The van der Waals surface area contributed by atoms with Gasteiger partial charge in [-0.2, -0.15) is 0 Å². The van der Waals surface area contributed by atoms with Gasteiger partial charge in [0.25, 0.3) is 0 Å². The molecule has 1 fully saturated rings. The molecule has 2 rings (SSSR count). The molecule has 1 saturated heterocycles. The minimum Gasteiger partial charge on any atom is -0.454 e. The van der Waals surface area contributed by atoms with E-state index in [4.69, 9.17) is 4.74 Å². The van der Waals surface area contributed by atoms with Crippen LogP contribution in [0, 0.1) is 17.8 Å². The molecule has 0 aromatic rings. The van der Waals surface area contributed by atoms with Crippen molar-refractivity contribution in [2.45, 2.75) is 84.3 Å². The number of hydrogen-bond donors (Lipinski definition) is 2. The van der Waals surface area contributed by atoms with Gasteiger partial charge in [-0.1, -0.05) is 38.2 Å². The maximum atomic E-state index is 12.7. The quantitative estimate of drug-likeness (QED) is 0.342. The number of aliphatic hydroxyl groups excluding tert-OH is 1. The summed E-state index contributed by atoms with van der Waals surface area (Å²) in [5.41, 5.74) is 0.736. The second kappa shape index (κ2) is 13.2. The van der Waals surface area contributed by atoms with Crippen molar-refractivity contribution in [2.75, 3.05) is 0 Å². The summed E-state index contributed by atoms with van der Waals surface area (Å²) in [5, 5.41) is 12.9. The Hall–Kier alpha value is -2.54. The first-order chi connectivity index (χ1) is 15.7. The standard InChI is InChI=1S/C26H37NO6/c1-17(21(28)12-9-10-20-15-23(30)27-24(31)16-20)14-18(2)26-19(3)22(29)11-7-5-4-6-8-13-25(32)33-26/h5,7-8,13-14,17,19-20,22,26,29H,4,6,9-12,15-16H2,1-3H3,(H,27,30,31)/b7-5+,13-8+,18-14+/t17-,19-,22+,26+/m0/s1. The molecule has 0 unspecified atom stereocenters. The Labute approximate surface area is 196 Å². The number of hydrogen-bond acceptors (Lipinski definition) is 6. The Morgan fingerprint density at radius 2 is 1.85 bits per heavy atom. The Morgan fingerprint density at radius 1 is 1.18 bits per heavy atom. The van der Waals surface area contributed by atoms with Crippen LogP contribution in [0.15, 0.2) is 36.0 Å². The lowest BCUT2D eigenvalue weighted by Gasteiger charge is -2.28. The van der Waals surface area contributed by atoms with Crippen molar-refractivity contribution >= 4 is 23.6 Å². The van der Waals surface area contributed by atoms with Gasteiger partial charge in [-0.3, -0.25) is 19.7 Å². The first-order valence-corrected chi connectivity index (χ1v) is 11.9. The van der Waals surface area contributed by atoms with Crippen LogP contribution in [-0.2, 0) is 23.9 Å². The van der Waals surface area contributed by atoms with E-state index in [1.807, 2.05) is 39.0 Å². The summed E-state index contributed by atoms with van der Waals surface area (Å²) in [4.78, 5) is 47.9. The number of imide groups is 1. The van der Waals surface area contributed by atoms with E-state index >= 15 is 0 Å². The number of cyclic esters (lactones) is 1. The Bertz CT molecular complexity index is 796. The van der Waals surface area contributed by atoms with E-state index in [1.54, 1.807) is 6.08 Å². The molecule has 7 heteroatoms. The second-order valence-corrected chi connectivity index (χ2v) is 9.27. The van der Waals surface area contributed by atoms with E-state index in [2.05, 4.69) is 5.32 Å². The minimum atomic E-state index is -0.674. The van der Waals surface area contributed by atoms with Crippen LogP contribution >= 0.6 is 0 Å². The second-order valence-electron chi connectivity index (χ2n) is 9.27. The number of carbonyl (C=O) groups is 4. The minimum absolute atomic E-state index is 0.00768. The summed E-state index contributed by atoms with van der Waals surface area (Å²) in [5.74, 6) is -1.61. The summed E-state index contributed by atoms with van der Waals surface area (Å²) in [6, 6.07) is 0. The van der Waals surface area contributed by atoms with Gasteiger partial charge in [0.2, 0.25) is 11.8 Å². The van der Waals surface area contributed by atoms with Crippen molar-refractivity contribution in [1.29, 1.82) is 0 Å². The molecule has 2 N–H and O–H groups in total. The van der Waals surface area contributed by atoms with Gasteiger partial charge in [0.1, 0.15) is 11.9 Å². The smallest absolute Gasteiger partial charge is 0.331 e. The Morgan fingerprint density at radius 3 is 2.55 bits per heavy atom. The highest BCUT2D eigenvalue weighted by Crippen LogP contribution is 2.25. The summed E-state index contributed by atoms with van der Waals surface area (Å²) in [6.45, 7) is 5.48. The fourth-order valence-corrected chi connectivity index (χ4v) is 4.35. The molecule has 4 atom stereocenters. The van der Waals surface area contributed by atoms with Crippen molar-refractivity contribution in [3.63, 3.8) is 0 Å². The summed E-state index contributed by atoms with van der Waals surface area (Å²) >= 11 is 0. The fourth-order valence-electron chi connectivity index (χ4n) is 4.35. The van der Waals surface area contributed by atoms with Gasteiger partial charge in [0.15, 0.2) is 0 Å². The zero-order valence-corrected chi connectivity index (χ0v) is 19.9. The number of allylic oxidation sites excluding steroid dienone is 3. The number of amides is 2. The highest BCUT2D eigenvalue weighted by Gasteiger charge is 2.29. The van der Waals surface area contributed by atoms with E-state index in [9.17, 15) is 24.3 Å². The molecular weight excluding hydrogens is 422 g/mol. The van der Waals surface area contributed by atoms with E-state index in [-0.39, 0.29) is 35.4 Å². The summed E-state index contributed by atoms with van der Waals surface area (Å²) in [7, 11) is 0. The third-order valence-electron chi connectivity index (χ3n) is 6.36. The zero-order chi connectivity index (χ0) is 24.4. The van der Waals surface area contributed by atoms with Crippen molar-refractivity contribution in [3.8, 4) is 0 Å². The monoisotopic (exact) mass is 459 g/mol. The molecule has 0 aromatic carbocycles. The lowest BCUT2D eigenvalue weighted by Crippen LogP contribution is -2.38. The number of Topliss-reactive ketones (excluding diaryl/α,β-unsaturated/α-hetero) is 1. The summed E-state index contributed by atoms with van der Waals surface area (Å²) in [6.07, 6.45) is 11.9. The highest BCUT2D eigenvalue weighted by atomic mass is 16.5. The normalized spacial score (nSPS) is 28.7. The molecular formula is C26H37NO6. The number of ether oxygens (including phenoxy) is 1. The van der Waals surface area contributed by atoms with Gasteiger partial charge in [0.05, 0.1) is 6.10 Å². The largest absolute Gasteiger partial charge is 0.454 e. The third kappa shape index (κ3) is 9.08. The van der Waals surface area contributed by atoms with E-state index in [0.717, 1.165) is 18.4 Å². The van der Waals surface area contributed by atoms with Crippen LogP contribution in [0.3, 0.4) is 0 Å². The van der Waals surface area contributed by atoms with Gasteiger partial charge in [-0.15, -0.1) is 0 Å². The Kier molecular flexibility index (Phi) is 10.7. The number of nitrogens with one attached hydrogen (secondary N) is 1. The zero-order valence-electron chi connectivity index (χ0n) is 19.9. The Balaban J connectivity index is 1.98. The number of rotatable bonds is 7. The van der Waals surface area contributed by atoms with Crippen LogP contribution < -0.4 is 5.32 Å². The molecule has 0 spiro atoms. The number of carbonyl (C=O) groups excluding carboxylic acids is 4. The maximum Gasteiger partial charge on any atom is 0.331 e. The van der Waals surface area contributed by atoms with Gasteiger partial charge in [0, 0.05) is 37.2 Å². The van der Waals surface area contributed by atoms with Gasteiger partial charge in [-0.25, -0.2) is 4.79 Å². The first-order valence-electron chi connectivity index (χ1n) is 11.9. The molecule has 0 radical (unpaired) electrons. The van der Waals surface area contributed by atoms with Crippen molar-refractivity contribution in [2.24, 2.45) is 17.8 Å². The number of ketones is 1. The van der Waals surface area contributed by atoms with Crippen LogP contribution in [0.2, 0.25) is 0 Å². The lowest BCUT2D eigenvalue weighted by molar-refractivity contribution is -0.145. The highest BCUT2D eigenvalue weighted by molar-refractivity contribution is 5.97. The van der Waals surface area contributed by atoms with E-state index < -0.39 is 18.2 Å².